The van der Waals surface area contributed by atoms with Crippen LogP contribution in [0.2, 0.25) is 25.2 Å². The third-order valence-corrected chi connectivity index (χ3v) is 39.2. The summed E-state index contributed by atoms with van der Waals surface area (Å²) in [6.07, 6.45) is 7.15. The van der Waals surface area contributed by atoms with Crippen LogP contribution in [0.5, 0.6) is 0 Å². The Hall–Kier alpha value is -9.32. The van der Waals surface area contributed by atoms with Crippen molar-refractivity contribution >= 4 is 181 Å². The third-order valence-electron chi connectivity index (χ3n) is 31.0. The summed E-state index contributed by atoms with van der Waals surface area (Å²) in [5.41, 5.74) is 67.7. The molecule has 0 unspecified atom stereocenters. The summed E-state index contributed by atoms with van der Waals surface area (Å²) in [7, 11) is 8.42. The van der Waals surface area contributed by atoms with Crippen LogP contribution >= 0.6 is 117 Å². The van der Waals surface area contributed by atoms with Crippen molar-refractivity contribution in [1.29, 1.82) is 0 Å². The van der Waals surface area contributed by atoms with Gasteiger partial charge in [0.25, 0.3) is 27.8 Å². The lowest BCUT2D eigenvalue weighted by atomic mass is 9.73. The van der Waals surface area contributed by atoms with E-state index in [0.717, 1.165) is 156 Å². The molecule has 10 aliphatic heterocycles. The number of aromatic nitrogens is 13. The first kappa shape index (κ1) is 113. The number of piperidine rings is 5. The van der Waals surface area contributed by atoms with Crippen molar-refractivity contribution in [2.24, 2.45) is 91.0 Å². The van der Waals surface area contributed by atoms with Crippen molar-refractivity contribution in [3.8, 4) is 0 Å². The van der Waals surface area contributed by atoms with Crippen molar-refractivity contribution in [2.75, 3.05) is 171 Å². The summed E-state index contributed by atoms with van der Waals surface area (Å²) < 4.78 is 75.8. The maximum Gasteiger partial charge on any atom is 0.434 e. The molecular weight excluding hydrogens is 2140 g/mol. The Bertz CT molecular complexity index is 6990. The first-order valence-corrected chi connectivity index (χ1v) is 55.1. The van der Waals surface area contributed by atoms with Gasteiger partial charge in [0, 0.05) is 195 Å². The molecule has 10 fully saturated rings. The molecule has 10 aromatic rings. The number of halogens is 8. The van der Waals surface area contributed by atoms with Crippen LogP contribution in [0.4, 0.5) is 77.8 Å². The molecule has 22 N–H and O–H groups in total. The zero-order valence-corrected chi connectivity index (χ0v) is 92.6. The molecule has 0 aliphatic carbocycles. The van der Waals surface area contributed by atoms with E-state index < -0.39 is 17.4 Å². The molecule has 2 aromatic carbocycles. The molecule has 0 saturated carbocycles. The van der Waals surface area contributed by atoms with Gasteiger partial charge in [0.1, 0.15) is 59.4 Å². The van der Waals surface area contributed by atoms with Gasteiger partial charge in [-0.3, -0.25) is 56.8 Å². The number of alkyl halides is 3. The first-order valence-electron chi connectivity index (χ1n) is 49.1. The number of nitrogens with two attached hydrogens (primary N) is 11. The summed E-state index contributed by atoms with van der Waals surface area (Å²) in [4.78, 5) is 114. The van der Waals surface area contributed by atoms with Gasteiger partial charge in [0.2, 0.25) is 29.7 Å². The van der Waals surface area contributed by atoms with E-state index in [2.05, 4.69) is 59.5 Å². The van der Waals surface area contributed by atoms with E-state index in [4.69, 9.17) is 145 Å². The molecule has 0 radical (unpaired) electrons. The van der Waals surface area contributed by atoms with Crippen LogP contribution in [-0.2, 0) is 65.1 Å². The van der Waals surface area contributed by atoms with Gasteiger partial charge < -0.3 is 111 Å². The van der Waals surface area contributed by atoms with Crippen LogP contribution in [0, 0.1) is 40.9 Å². The van der Waals surface area contributed by atoms with E-state index in [9.17, 15) is 37.1 Å². The summed E-state index contributed by atoms with van der Waals surface area (Å²) >= 11 is 36.4. The summed E-state index contributed by atoms with van der Waals surface area (Å²) in [6, 6.07) is 19.1. The molecule has 5 spiro atoms. The van der Waals surface area contributed by atoms with Gasteiger partial charge in [0.05, 0.1) is 90.3 Å². The second kappa shape index (κ2) is 46.4. The molecular formula is C98H127Cl5F3N29O10S5. The van der Waals surface area contributed by atoms with Crippen molar-refractivity contribution in [3.63, 3.8) is 0 Å². The maximum atomic E-state index is 13.3. The normalized spacial score (nSPS) is 22.4. The van der Waals surface area contributed by atoms with Gasteiger partial charge in [-0.15, -0.1) is 0 Å². The lowest BCUT2D eigenvalue weighted by Crippen LogP contribution is -2.51. The zero-order chi connectivity index (χ0) is 108. The van der Waals surface area contributed by atoms with Crippen LogP contribution in [0.3, 0.4) is 0 Å². The van der Waals surface area contributed by atoms with Crippen molar-refractivity contribution in [3.05, 3.63) is 173 Å². The minimum Gasteiger partial charge on any atom is -0.384 e. The molecule has 8 aromatic heterocycles. The Kier molecular flexibility index (Phi) is 35.0. The SMILES string of the molecule is C[C@@H]1OCC2(CCN(c3nc(N)c(Sc4cc(N)nc(Cl)c4Cl)c(=O)n3C)CC2)[C@@H]1N.Cc1cccc(Sc2c(N)nc(N3CCC4(CC3)CO[C@@H](C)[C@H]4N)n(C)c2=O)c1Cl.Cc1ncccc1Sc1c(N)nc(N2CCC3(CC2)CO[C@@H](C)[C@H]3N)n(C)c1=O.Cn1c(N2CCC3(CC2)COC[C@H]3N)nc(N)c(Sc2cccc(Cl)c2Cl)c1=O.Cn1c(N2CCC3(CC2)COC[C@H]3N)nc(N)c(Sc2cccnc2C(F)(F)F)c1=O. The maximum absolute atomic E-state index is 13.3. The Morgan fingerprint density at radius 3 is 0.973 bits per heavy atom. The van der Waals surface area contributed by atoms with Crippen LogP contribution in [-0.4, -0.2) is 223 Å². The highest BCUT2D eigenvalue weighted by Gasteiger charge is 2.53. The highest BCUT2D eigenvalue weighted by atomic mass is 35.5. The molecule has 0 bridgehead atoms. The number of pyridine rings is 3. The van der Waals surface area contributed by atoms with E-state index in [0.29, 0.717) is 140 Å². The Morgan fingerprint density at radius 2 is 0.660 bits per heavy atom. The van der Waals surface area contributed by atoms with E-state index in [1.54, 1.807) is 72.4 Å². The van der Waals surface area contributed by atoms with Gasteiger partial charge in [-0.2, -0.15) is 38.1 Å². The summed E-state index contributed by atoms with van der Waals surface area (Å²) in [6.45, 7) is 21.8. The number of aryl methyl sites for hydroxylation is 2. The van der Waals surface area contributed by atoms with E-state index in [1.807, 2.05) is 69.9 Å². The lowest BCUT2D eigenvalue weighted by Gasteiger charge is -2.41. The fourth-order valence-electron chi connectivity index (χ4n) is 21.0. The molecule has 18 heterocycles. The molecule has 20 rings (SSSR count). The number of anilines is 11. The number of hydrogen-bond acceptors (Lipinski definition) is 39. The fourth-order valence-corrected chi connectivity index (χ4v) is 27.0. The van der Waals surface area contributed by atoms with Gasteiger partial charge in [0.15, 0.2) is 10.8 Å². The van der Waals surface area contributed by atoms with Crippen LogP contribution < -0.4 is 115 Å². The minimum absolute atomic E-state index is 0.0119. The zero-order valence-electron chi connectivity index (χ0n) is 84.8. The number of benzene rings is 2. The Balaban J connectivity index is 0.000000133. The molecule has 39 nitrogen and oxygen atoms in total. The molecule has 8 atom stereocenters. The number of nitrogens with zero attached hydrogens (tertiary/aromatic N) is 18. The van der Waals surface area contributed by atoms with Gasteiger partial charge in [-0.05, 0) is 153 Å². The second-order valence-corrected chi connectivity index (χ2v) is 47.3. The van der Waals surface area contributed by atoms with Gasteiger partial charge >= 0.3 is 6.18 Å². The highest BCUT2D eigenvalue weighted by Crippen LogP contribution is 2.50. The molecule has 52 heteroatoms. The topological polar surface area (TPSA) is 562 Å². The van der Waals surface area contributed by atoms with E-state index >= 15 is 0 Å². The molecule has 150 heavy (non-hydrogen) atoms. The third kappa shape index (κ3) is 23.2. The minimum atomic E-state index is -4.65. The highest BCUT2D eigenvalue weighted by molar-refractivity contribution is 8.00. The summed E-state index contributed by atoms with van der Waals surface area (Å²) in [5, 5.41) is 1.71. The van der Waals surface area contributed by atoms with E-state index in [-0.39, 0.29) is 158 Å². The molecule has 10 aliphatic rings. The summed E-state index contributed by atoms with van der Waals surface area (Å²) in [5.74, 6) is 3.56. The van der Waals surface area contributed by atoms with Crippen LogP contribution in [0.1, 0.15) is 102 Å². The number of hydrogen-bond donors (Lipinski definition) is 11. The lowest BCUT2D eigenvalue weighted by molar-refractivity contribution is -0.143. The van der Waals surface area contributed by atoms with Crippen LogP contribution in [0.15, 0.2) is 152 Å². The van der Waals surface area contributed by atoms with Gasteiger partial charge in [-0.25, -0.2) is 4.98 Å². The monoisotopic (exact) mass is 2260 g/mol. The van der Waals surface area contributed by atoms with Gasteiger partial charge in [-0.1, -0.05) is 135 Å². The van der Waals surface area contributed by atoms with Crippen molar-refractivity contribution in [2.45, 2.75) is 202 Å². The van der Waals surface area contributed by atoms with Crippen molar-refractivity contribution < 1.29 is 36.9 Å². The smallest absolute Gasteiger partial charge is 0.384 e. The standard InChI is InChI=1S/C21H28ClN5O2S.C20H28N6O2S.C19H25Cl2N7O2S.C19H23Cl2N5O2S.C19H23F3N6O2S/c1-12-5-4-6-14(15(12)22)30-16-18(24)25-20(26(3)19(16)28)27-9-7-21(8-10-27)11-29-13(2)17(21)23;1-12-14(5-4-8-23-12)29-15-17(22)24-19(25(3)18(15)27)26-9-6-20(7-10-26)11-28-13(2)16(20)21;1-9-14(23)19(8-30-9)3-5-28(6-4-19)18-26-16(24)13(17(29)27(18)2)31-10-7-11(22)25-15(21)12(10)20;1-25-17(27)15(29-12-4-2-3-11(20)14(12)21)16(23)24-18(25)26-7-5-19(6-8-26)10-28-9-13(19)22;1-27-16(29)13(31-11-3-2-6-25-14(11)19(20,21)22)15(24)26-17(27)28-7-4-18(5-8-28)10-30-9-12(18)23/h4-6,13,17H,7-11,23-24H2,1-3H3;4-5,8,13,16H,6-7,9-11,21-22H2,1-3H3;7,9,14H,3-6,8,23-24H2,1-2H3,(H2,22,25);2-4,13H,5-10,22-23H2,1H3;2-3,6,12H,4-5,7-10,23-24H2,1H3/t13-,17+;13-,16+;9-,14+;13-;12-/m00011/s1. The predicted octanol–water partition coefficient (Wildman–Crippen LogP) is 11.1. The van der Waals surface area contributed by atoms with Crippen LogP contribution in [0.25, 0.3) is 0 Å². The Morgan fingerprint density at radius 1 is 0.367 bits per heavy atom. The first-order chi connectivity index (χ1) is 71.1. The largest absolute Gasteiger partial charge is 0.434 e. The second-order valence-electron chi connectivity index (χ2n) is 40.1. The average Bonchev–Trinajstić information content (AvgIpc) is 1.59. The van der Waals surface area contributed by atoms with Crippen molar-refractivity contribution in [1.82, 2.24) is 62.7 Å². The number of nitrogen functional groups attached to an aromatic ring is 6. The quantitative estimate of drug-likeness (QED) is 0.0425. The van der Waals surface area contributed by atoms with E-state index in [1.165, 1.54) is 63.6 Å². The molecule has 0 amide bonds. The molecule has 810 valence electrons. The predicted molar refractivity (Wildman–Crippen MR) is 587 cm³/mol. The Labute approximate surface area is 911 Å². The molecule has 10 saturated heterocycles. The average molecular weight is 2270 g/mol. The number of rotatable bonds is 15. The fraction of sp³-hybridized carbons (Fsp3) is 0.520. The number of ether oxygens (including phenoxy) is 5.